The first kappa shape index (κ1) is 12.8. The number of Topliss-reactive ketones (excluding diaryl/α,β-unsaturated/α-hetero) is 1. The van der Waals surface area contributed by atoms with Crippen LogP contribution in [0.1, 0.15) is 26.7 Å². The molecule has 1 atom stereocenters. The smallest absolute Gasteiger partial charge is 0.217 e. The lowest BCUT2D eigenvalue weighted by atomic mass is 9.77. The third-order valence-corrected chi connectivity index (χ3v) is 3.68. The van der Waals surface area contributed by atoms with Gasteiger partial charge in [-0.1, -0.05) is 32.0 Å². The standard InChI is InChI=1S/C15H19NO2/c1-15(2)8-9-16(12-6-4-3-5-7-12)13(10-15)14(18)11-17/h3-7,11,13H,8-10H2,1-2H3. The maximum absolute atomic E-state index is 11.8. The molecule has 1 aliphatic rings. The van der Waals surface area contributed by atoms with Crippen molar-refractivity contribution in [1.82, 2.24) is 0 Å². The van der Waals surface area contributed by atoms with Crippen LogP contribution in [0.25, 0.3) is 0 Å². The van der Waals surface area contributed by atoms with Crippen molar-refractivity contribution < 1.29 is 9.59 Å². The molecular weight excluding hydrogens is 226 g/mol. The summed E-state index contributed by atoms with van der Waals surface area (Å²) in [4.78, 5) is 24.7. The lowest BCUT2D eigenvalue weighted by Gasteiger charge is -2.43. The van der Waals surface area contributed by atoms with Gasteiger partial charge in [0, 0.05) is 12.2 Å². The van der Waals surface area contributed by atoms with Gasteiger partial charge >= 0.3 is 0 Å². The van der Waals surface area contributed by atoms with Crippen molar-refractivity contribution in [3.63, 3.8) is 0 Å². The first-order chi connectivity index (χ1) is 8.53. The van der Waals surface area contributed by atoms with Crippen molar-refractivity contribution in [3.8, 4) is 0 Å². The lowest BCUT2D eigenvalue weighted by molar-refractivity contribution is -0.131. The summed E-state index contributed by atoms with van der Waals surface area (Å²) in [5, 5.41) is 0. The fraction of sp³-hybridized carbons (Fsp3) is 0.467. The Labute approximate surface area is 108 Å². The van der Waals surface area contributed by atoms with Crippen LogP contribution in [-0.4, -0.2) is 24.7 Å². The summed E-state index contributed by atoms with van der Waals surface area (Å²) in [5.74, 6) is -0.313. The summed E-state index contributed by atoms with van der Waals surface area (Å²) in [6.07, 6.45) is 2.23. The van der Waals surface area contributed by atoms with Crippen molar-refractivity contribution in [2.75, 3.05) is 11.4 Å². The molecule has 0 radical (unpaired) electrons. The average Bonchev–Trinajstić information content (AvgIpc) is 2.38. The normalized spacial score (nSPS) is 22.6. The number of ketones is 1. The second-order valence-corrected chi connectivity index (χ2v) is 5.68. The highest BCUT2D eigenvalue weighted by molar-refractivity contribution is 6.28. The molecule has 1 fully saturated rings. The van der Waals surface area contributed by atoms with Gasteiger partial charge in [0.05, 0.1) is 6.04 Å². The van der Waals surface area contributed by atoms with Crippen molar-refractivity contribution in [2.24, 2.45) is 5.41 Å². The lowest BCUT2D eigenvalue weighted by Crippen LogP contribution is -2.50. The van der Waals surface area contributed by atoms with Gasteiger partial charge in [-0.15, -0.1) is 0 Å². The summed E-state index contributed by atoms with van der Waals surface area (Å²) >= 11 is 0. The highest BCUT2D eigenvalue weighted by atomic mass is 16.2. The molecule has 2 rings (SSSR count). The fourth-order valence-corrected chi connectivity index (χ4v) is 2.58. The Morgan fingerprint density at radius 1 is 1.33 bits per heavy atom. The van der Waals surface area contributed by atoms with E-state index < -0.39 is 0 Å². The molecule has 3 heteroatoms. The van der Waals surface area contributed by atoms with Gasteiger partial charge in [-0.3, -0.25) is 9.59 Å². The maximum atomic E-state index is 11.8. The van der Waals surface area contributed by atoms with Gasteiger partial charge in [0.2, 0.25) is 5.78 Å². The van der Waals surface area contributed by atoms with E-state index in [4.69, 9.17) is 0 Å². The van der Waals surface area contributed by atoms with Crippen LogP contribution in [0.5, 0.6) is 0 Å². The van der Waals surface area contributed by atoms with Crippen LogP contribution < -0.4 is 4.90 Å². The van der Waals surface area contributed by atoms with Crippen molar-refractivity contribution in [1.29, 1.82) is 0 Å². The monoisotopic (exact) mass is 245 g/mol. The number of benzene rings is 1. The third kappa shape index (κ3) is 2.61. The molecule has 1 aromatic rings. The second kappa shape index (κ2) is 4.92. The van der Waals surface area contributed by atoms with Gasteiger partial charge in [-0.05, 0) is 30.4 Å². The number of hydrogen-bond acceptors (Lipinski definition) is 3. The van der Waals surface area contributed by atoms with Gasteiger partial charge < -0.3 is 4.90 Å². The van der Waals surface area contributed by atoms with Crippen LogP contribution in [0.3, 0.4) is 0 Å². The molecule has 0 aliphatic carbocycles. The predicted molar refractivity (Wildman–Crippen MR) is 71.7 cm³/mol. The summed E-state index contributed by atoms with van der Waals surface area (Å²) < 4.78 is 0. The number of rotatable bonds is 3. The molecule has 0 bridgehead atoms. The fourth-order valence-electron chi connectivity index (χ4n) is 2.58. The molecular formula is C15H19NO2. The van der Waals surface area contributed by atoms with E-state index in [2.05, 4.69) is 18.7 Å². The van der Waals surface area contributed by atoms with Gasteiger partial charge in [-0.2, -0.15) is 0 Å². The first-order valence-corrected chi connectivity index (χ1v) is 6.34. The van der Waals surface area contributed by atoms with Gasteiger partial charge in [0.1, 0.15) is 0 Å². The van der Waals surface area contributed by atoms with Crippen LogP contribution in [0.2, 0.25) is 0 Å². The molecule has 1 aromatic carbocycles. The van der Waals surface area contributed by atoms with Crippen LogP contribution >= 0.6 is 0 Å². The highest BCUT2D eigenvalue weighted by Crippen LogP contribution is 2.36. The largest absolute Gasteiger partial charge is 0.361 e. The number of anilines is 1. The number of piperidine rings is 1. The quantitative estimate of drug-likeness (QED) is 0.606. The van der Waals surface area contributed by atoms with E-state index in [9.17, 15) is 9.59 Å². The molecule has 0 amide bonds. The van der Waals surface area contributed by atoms with Gasteiger partial charge in [-0.25, -0.2) is 0 Å². The number of carbonyl (C=O) groups excluding carboxylic acids is 2. The summed E-state index contributed by atoms with van der Waals surface area (Å²) in [6, 6.07) is 9.53. The SMILES string of the molecule is CC1(C)CCN(c2ccccc2)C(C(=O)C=O)C1. The second-order valence-electron chi connectivity index (χ2n) is 5.68. The van der Waals surface area contributed by atoms with E-state index in [1.165, 1.54) is 0 Å². The number of hydrogen-bond donors (Lipinski definition) is 0. The topological polar surface area (TPSA) is 37.4 Å². The Kier molecular flexibility index (Phi) is 3.50. The predicted octanol–water partition coefficient (Wildman–Crippen LogP) is 2.45. The Morgan fingerprint density at radius 3 is 2.61 bits per heavy atom. The Bertz CT molecular complexity index is 439. The number of para-hydroxylation sites is 1. The first-order valence-electron chi connectivity index (χ1n) is 6.34. The van der Waals surface area contributed by atoms with E-state index in [0.29, 0.717) is 6.29 Å². The minimum atomic E-state index is -0.313. The van der Waals surface area contributed by atoms with Gasteiger partial charge in [0.25, 0.3) is 0 Å². The molecule has 3 nitrogen and oxygen atoms in total. The Balaban J connectivity index is 2.28. The van der Waals surface area contributed by atoms with E-state index >= 15 is 0 Å². The minimum Gasteiger partial charge on any atom is -0.361 e. The number of carbonyl (C=O) groups is 2. The van der Waals surface area contributed by atoms with Crippen LogP contribution in [-0.2, 0) is 9.59 Å². The summed E-state index contributed by atoms with van der Waals surface area (Å²) in [6.45, 7) is 5.13. The van der Waals surface area contributed by atoms with E-state index in [1.54, 1.807) is 0 Å². The molecule has 1 unspecified atom stereocenters. The molecule has 1 aliphatic heterocycles. The van der Waals surface area contributed by atoms with Crippen LogP contribution in [0, 0.1) is 5.41 Å². The zero-order valence-electron chi connectivity index (χ0n) is 10.9. The third-order valence-electron chi connectivity index (χ3n) is 3.68. The summed E-state index contributed by atoms with van der Waals surface area (Å²) in [7, 11) is 0. The highest BCUT2D eigenvalue weighted by Gasteiger charge is 2.36. The van der Waals surface area contributed by atoms with Gasteiger partial charge in [0.15, 0.2) is 6.29 Å². The minimum absolute atomic E-state index is 0.120. The number of aldehydes is 1. The molecule has 18 heavy (non-hydrogen) atoms. The van der Waals surface area contributed by atoms with Crippen molar-refractivity contribution >= 4 is 17.8 Å². The van der Waals surface area contributed by atoms with Crippen molar-refractivity contribution in [3.05, 3.63) is 30.3 Å². The molecule has 1 saturated heterocycles. The molecule has 0 saturated carbocycles. The molecule has 96 valence electrons. The Hall–Kier alpha value is -1.64. The Morgan fingerprint density at radius 2 is 2.00 bits per heavy atom. The zero-order chi connectivity index (χ0) is 13.2. The summed E-state index contributed by atoms with van der Waals surface area (Å²) in [5.41, 5.74) is 1.14. The average molecular weight is 245 g/mol. The maximum Gasteiger partial charge on any atom is 0.217 e. The van der Waals surface area contributed by atoms with Crippen LogP contribution in [0.4, 0.5) is 5.69 Å². The van der Waals surface area contributed by atoms with E-state index in [1.807, 2.05) is 30.3 Å². The van der Waals surface area contributed by atoms with E-state index in [0.717, 1.165) is 25.1 Å². The van der Waals surface area contributed by atoms with E-state index in [-0.39, 0.29) is 17.2 Å². The molecule has 0 aromatic heterocycles. The number of nitrogens with zero attached hydrogens (tertiary/aromatic N) is 1. The van der Waals surface area contributed by atoms with Crippen molar-refractivity contribution in [2.45, 2.75) is 32.7 Å². The zero-order valence-corrected chi connectivity index (χ0v) is 10.9. The molecule has 0 N–H and O–H groups in total. The molecule has 1 heterocycles. The molecule has 0 spiro atoms. The van der Waals surface area contributed by atoms with Crippen LogP contribution in [0.15, 0.2) is 30.3 Å².